The molecule has 0 amide bonds. The maximum Gasteiger partial charge on any atom is 0.103 e. The molecule has 13 heavy (non-hydrogen) atoms. The van der Waals surface area contributed by atoms with Crippen molar-refractivity contribution in [3.8, 4) is 0 Å². The number of allylic oxidation sites excluding steroid dienone is 4. The predicted octanol–water partition coefficient (Wildman–Crippen LogP) is 2.42. The van der Waals surface area contributed by atoms with E-state index in [1.54, 1.807) is 0 Å². The molecular weight excluding hydrogens is 164 g/mol. The molecule has 0 atom stereocenters. The van der Waals surface area contributed by atoms with Crippen LogP contribution in [-0.2, 0) is 9.47 Å². The van der Waals surface area contributed by atoms with Crippen LogP contribution in [0.4, 0.5) is 0 Å². The minimum Gasteiger partial charge on any atom is -0.495 e. The van der Waals surface area contributed by atoms with Crippen molar-refractivity contribution in [1.29, 1.82) is 0 Å². The summed E-state index contributed by atoms with van der Waals surface area (Å²) >= 11 is 0. The smallest absolute Gasteiger partial charge is 0.103 e. The summed E-state index contributed by atoms with van der Waals surface area (Å²) in [5.41, 5.74) is 0. The van der Waals surface area contributed by atoms with Crippen LogP contribution in [0.15, 0.2) is 24.0 Å². The summed E-state index contributed by atoms with van der Waals surface area (Å²) in [7, 11) is 0. The SMILES string of the molecule is C1=CCCC(OC2CCOCC2)=C1. The molecule has 2 nitrogen and oxygen atoms in total. The highest BCUT2D eigenvalue weighted by Gasteiger charge is 2.16. The molecule has 1 fully saturated rings. The van der Waals surface area contributed by atoms with Crippen molar-refractivity contribution in [2.45, 2.75) is 31.8 Å². The third-order valence-corrected chi connectivity index (χ3v) is 2.46. The molecule has 0 aromatic carbocycles. The van der Waals surface area contributed by atoms with Crippen molar-refractivity contribution in [2.75, 3.05) is 13.2 Å². The molecule has 1 heterocycles. The number of hydrogen-bond acceptors (Lipinski definition) is 2. The maximum atomic E-state index is 5.86. The van der Waals surface area contributed by atoms with E-state index in [-0.39, 0.29) is 0 Å². The Hall–Kier alpha value is -0.760. The second-order valence-electron chi connectivity index (χ2n) is 3.53. The molecule has 2 heteroatoms. The van der Waals surface area contributed by atoms with Crippen LogP contribution >= 0.6 is 0 Å². The minimum absolute atomic E-state index is 0.395. The first-order valence-corrected chi connectivity index (χ1v) is 5.05. The Balaban J connectivity index is 1.82. The van der Waals surface area contributed by atoms with Gasteiger partial charge in [-0.05, 0) is 12.5 Å². The molecule has 2 aliphatic rings. The fourth-order valence-electron chi connectivity index (χ4n) is 1.69. The van der Waals surface area contributed by atoms with Crippen molar-refractivity contribution < 1.29 is 9.47 Å². The molecule has 0 N–H and O–H groups in total. The van der Waals surface area contributed by atoms with Gasteiger partial charge < -0.3 is 9.47 Å². The van der Waals surface area contributed by atoms with Gasteiger partial charge in [-0.15, -0.1) is 0 Å². The molecule has 0 unspecified atom stereocenters. The van der Waals surface area contributed by atoms with E-state index in [4.69, 9.17) is 9.47 Å². The van der Waals surface area contributed by atoms with E-state index in [2.05, 4.69) is 18.2 Å². The maximum absolute atomic E-state index is 5.86. The third-order valence-electron chi connectivity index (χ3n) is 2.46. The molecule has 0 radical (unpaired) electrons. The van der Waals surface area contributed by atoms with Gasteiger partial charge in [-0.3, -0.25) is 0 Å². The van der Waals surface area contributed by atoms with Crippen molar-refractivity contribution in [3.63, 3.8) is 0 Å². The first kappa shape index (κ1) is 8.82. The van der Waals surface area contributed by atoms with Gasteiger partial charge >= 0.3 is 0 Å². The summed E-state index contributed by atoms with van der Waals surface area (Å²) < 4.78 is 11.1. The summed E-state index contributed by atoms with van der Waals surface area (Å²) in [6.07, 6.45) is 11.0. The Labute approximate surface area is 79.2 Å². The van der Waals surface area contributed by atoms with Crippen LogP contribution in [0.3, 0.4) is 0 Å². The zero-order valence-electron chi connectivity index (χ0n) is 7.87. The fourth-order valence-corrected chi connectivity index (χ4v) is 1.69. The highest BCUT2D eigenvalue weighted by molar-refractivity contribution is 5.13. The lowest BCUT2D eigenvalue weighted by molar-refractivity contribution is -0.00612. The first-order valence-electron chi connectivity index (χ1n) is 5.05. The monoisotopic (exact) mass is 180 g/mol. The van der Waals surface area contributed by atoms with Gasteiger partial charge in [-0.2, -0.15) is 0 Å². The van der Waals surface area contributed by atoms with Gasteiger partial charge in [0, 0.05) is 19.3 Å². The average molecular weight is 180 g/mol. The first-order chi connectivity index (χ1) is 6.45. The van der Waals surface area contributed by atoms with Crippen LogP contribution in [-0.4, -0.2) is 19.3 Å². The molecule has 72 valence electrons. The number of rotatable bonds is 2. The van der Waals surface area contributed by atoms with E-state index in [9.17, 15) is 0 Å². The summed E-state index contributed by atoms with van der Waals surface area (Å²) in [4.78, 5) is 0. The van der Waals surface area contributed by atoms with Crippen LogP contribution in [0.5, 0.6) is 0 Å². The van der Waals surface area contributed by atoms with Gasteiger partial charge in [0.05, 0.1) is 19.0 Å². The van der Waals surface area contributed by atoms with Gasteiger partial charge in [-0.1, -0.05) is 12.2 Å². The number of hydrogen-bond donors (Lipinski definition) is 0. The molecular formula is C11H16O2. The van der Waals surface area contributed by atoms with E-state index >= 15 is 0 Å². The highest BCUT2D eigenvalue weighted by atomic mass is 16.5. The second-order valence-corrected chi connectivity index (χ2v) is 3.53. The third kappa shape index (κ3) is 2.59. The van der Waals surface area contributed by atoms with Gasteiger partial charge in [0.1, 0.15) is 6.10 Å². The van der Waals surface area contributed by atoms with Crippen LogP contribution in [0.25, 0.3) is 0 Å². The molecule has 1 saturated heterocycles. The van der Waals surface area contributed by atoms with Crippen LogP contribution < -0.4 is 0 Å². The molecule has 0 bridgehead atoms. The van der Waals surface area contributed by atoms with Crippen molar-refractivity contribution in [3.05, 3.63) is 24.0 Å². The molecule has 2 rings (SSSR count). The Bertz CT molecular complexity index is 212. The minimum atomic E-state index is 0.395. The number of ether oxygens (including phenoxy) is 2. The topological polar surface area (TPSA) is 18.5 Å². The molecule has 0 aromatic rings. The fraction of sp³-hybridized carbons (Fsp3) is 0.636. The molecule has 0 spiro atoms. The zero-order chi connectivity index (χ0) is 8.93. The van der Waals surface area contributed by atoms with Crippen LogP contribution in [0.2, 0.25) is 0 Å². The molecule has 0 saturated carbocycles. The summed E-state index contributed by atoms with van der Waals surface area (Å²) in [5, 5.41) is 0. The molecule has 0 aromatic heterocycles. The lowest BCUT2D eigenvalue weighted by Gasteiger charge is -2.25. The Morgan fingerprint density at radius 3 is 2.85 bits per heavy atom. The lowest BCUT2D eigenvalue weighted by atomic mass is 10.1. The van der Waals surface area contributed by atoms with Gasteiger partial charge in [0.2, 0.25) is 0 Å². The van der Waals surface area contributed by atoms with E-state index in [0.29, 0.717) is 6.10 Å². The Morgan fingerprint density at radius 2 is 2.15 bits per heavy atom. The quantitative estimate of drug-likeness (QED) is 0.649. The van der Waals surface area contributed by atoms with Gasteiger partial charge in [-0.25, -0.2) is 0 Å². The van der Waals surface area contributed by atoms with Crippen LogP contribution in [0, 0.1) is 0 Å². The van der Waals surface area contributed by atoms with Crippen molar-refractivity contribution in [2.24, 2.45) is 0 Å². The van der Waals surface area contributed by atoms with Gasteiger partial charge in [0.15, 0.2) is 0 Å². The molecule has 1 aliphatic heterocycles. The zero-order valence-corrected chi connectivity index (χ0v) is 7.87. The Kier molecular flexibility index (Phi) is 3.03. The summed E-state index contributed by atoms with van der Waals surface area (Å²) in [5.74, 6) is 1.15. The predicted molar refractivity (Wildman–Crippen MR) is 51.4 cm³/mol. The molecule has 1 aliphatic carbocycles. The van der Waals surface area contributed by atoms with Crippen LogP contribution in [0.1, 0.15) is 25.7 Å². The normalized spacial score (nSPS) is 24.2. The Morgan fingerprint density at radius 1 is 1.31 bits per heavy atom. The van der Waals surface area contributed by atoms with Crippen molar-refractivity contribution >= 4 is 0 Å². The van der Waals surface area contributed by atoms with E-state index < -0.39 is 0 Å². The van der Waals surface area contributed by atoms with E-state index in [1.165, 1.54) is 0 Å². The summed E-state index contributed by atoms with van der Waals surface area (Å²) in [6, 6.07) is 0. The van der Waals surface area contributed by atoms with E-state index in [0.717, 1.165) is 44.7 Å². The van der Waals surface area contributed by atoms with Crippen molar-refractivity contribution in [1.82, 2.24) is 0 Å². The second kappa shape index (κ2) is 4.47. The standard InChI is InChI=1S/C11H16O2/c1-2-4-10(5-3-1)13-11-6-8-12-9-7-11/h1-2,4,11H,3,5-9H2. The van der Waals surface area contributed by atoms with Gasteiger partial charge in [0.25, 0.3) is 0 Å². The lowest BCUT2D eigenvalue weighted by Crippen LogP contribution is -2.23. The summed E-state index contributed by atoms with van der Waals surface area (Å²) in [6.45, 7) is 1.71. The average Bonchev–Trinajstić information content (AvgIpc) is 2.21. The largest absolute Gasteiger partial charge is 0.495 e. The van der Waals surface area contributed by atoms with E-state index in [1.807, 2.05) is 0 Å². The highest BCUT2D eigenvalue weighted by Crippen LogP contribution is 2.19.